The molecular weight excluding hydrogens is 292 g/mol. The van der Waals surface area contributed by atoms with Crippen molar-refractivity contribution in [3.05, 3.63) is 28.1 Å². The van der Waals surface area contributed by atoms with Crippen molar-refractivity contribution in [2.45, 2.75) is 0 Å². The Hall–Kier alpha value is -1.89. The molecule has 6 nitrogen and oxygen atoms in total. The topological polar surface area (TPSA) is 79.6 Å². The zero-order valence-corrected chi connectivity index (χ0v) is 10.3. The second kappa shape index (κ2) is 4.17. The summed E-state index contributed by atoms with van der Waals surface area (Å²) in [6.45, 7) is 0. The average molecular weight is 299 g/mol. The van der Waals surface area contributed by atoms with Crippen molar-refractivity contribution < 1.29 is 18.8 Å². The molecule has 0 aromatic carbocycles. The van der Waals surface area contributed by atoms with Crippen molar-refractivity contribution in [3.63, 3.8) is 0 Å². The molecule has 0 bridgehead atoms. The van der Waals surface area contributed by atoms with Crippen molar-refractivity contribution >= 4 is 39.9 Å². The number of carbonyl (C=O) groups excluding carboxylic acids is 3. The summed E-state index contributed by atoms with van der Waals surface area (Å²) in [6.07, 6.45) is 1.28. The third-order valence-electron chi connectivity index (χ3n) is 2.19. The lowest BCUT2D eigenvalue weighted by Gasteiger charge is -2.21. The quantitative estimate of drug-likeness (QED) is 0.623. The third kappa shape index (κ3) is 2.14. The number of hydrogen-bond donors (Lipinski definition) is 1. The molecule has 1 aromatic heterocycles. The molecule has 0 saturated carbocycles. The van der Waals surface area contributed by atoms with Gasteiger partial charge in [0.15, 0.2) is 4.67 Å². The van der Waals surface area contributed by atoms with E-state index in [0.717, 1.165) is 4.90 Å². The number of amides is 4. The summed E-state index contributed by atoms with van der Waals surface area (Å²) < 4.78 is 5.63. The van der Waals surface area contributed by atoms with Crippen LogP contribution in [-0.4, -0.2) is 29.8 Å². The van der Waals surface area contributed by atoms with Gasteiger partial charge in [-0.25, -0.2) is 4.79 Å². The van der Waals surface area contributed by atoms with Crippen LogP contribution in [0.2, 0.25) is 0 Å². The Morgan fingerprint density at radius 1 is 1.35 bits per heavy atom. The summed E-state index contributed by atoms with van der Waals surface area (Å²) in [6, 6.07) is 2.48. The van der Waals surface area contributed by atoms with Crippen molar-refractivity contribution in [2.24, 2.45) is 0 Å². The first-order valence-corrected chi connectivity index (χ1v) is 5.39. The molecule has 0 spiro atoms. The fraction of sp³-hybridized carbons (Fsp3) is 0.100. The van der Waals surface area contributed by atoms with Gasteiger partial charge in [0.05, 0.1) is 0 Å². The maximum Gasteiger partial charge on any atom is 0.331 e. The van der Waals surface area contributed by atoms with Gasteiger partial charge in [0.2, 0.25) is 0 Å². The fourth-order valence-corrected chi connectivity index (χ4v) is 1.61. The van der Waals surface area contributed by atoms with E-state index in [-0.39, 0.29) is 5.57 Å². The fourth-order valence-electron chi connectivity index (χ4n) is 1.29. The van der Waals surface area contributed by atoms with Crippen LogP contribution in [0, 0.1) is 0 Å². The Kier molecular flexibility index (Phi) is 2.84. The molecule has 1 aromatic rings. The van der Waals surface area contributed by atoms with Crippen LogP contribution in [0.1, 0.15) is 5.76 Å². The number of hydrogen-bond acceptors (Lipinski definition) is 4. The van der Waals surface area contributed by atoms with E-state index in [1.807, 2.05) is 5.32 Å². The number of imide groups is 2. The first-order chi connectivity index (χ1) is 7.99. The molecule has 2 rings (SSSR count). The number of urea groups is 1. The van der Waals surface area contributed by atoms with Crippen LogP contribution in [0.4, 0.5) is 4.79 Å². The second-order valence-corrected chi connectivity index (χ2v) is 4.10. The molecule has 1 aliphatic heterocycles. The molecule has 0 aliphatic carbocycles. The predicted molar refractivity (Wildman–Crippen MR) is 60.7 cm³/mol. The standard InChI is InChI=1S/C10H7BrN2O4/c1-13-9(15)6(8(14)12-10(13)16)4-5-2-3-7(11)17-5/h2-4H,1H3,(H,12,14,16)/b6-4-. The molecule has 17 heavy (non-hydrogen) atoms. The first kappa shape index (κ1) is 11.6. The number of nitrogens with zero attached hydrogens (tertiary/aromatic N) is 1. The molecule has 1 saturated heterocycles. The second-order valence-electron chi connectivity index (χ2n) is 3.32. The van der Waals surface area contributed by atoms with Crippen LogP contribution in [0.5, 0.6) is 0 Å². The number of likely N-dealkylation sites (N-methyl/N-ethyl adjacent to an activating group) is 1. The Morgan fingerprint density at radius 3 is 2.65 bits per heavy atom. The Morgan fingerprint density at radius 2 is 2.06 bits per heavy atom. The van der Waals surface area contributed by atoms with E-state index < -0.39 is 17.8 Å². The maximum absolute atomic E-state index is 11.7. The van der Waals surface area contributed by atoms with Gasteiger partial charge < -0.3 is 4.42 Å². The normalized spacial score (nSPS) is 18.8. The van der Waals surface area contributed by atoms with Gasteiger partial charge in [0.1, 0.15) is 11.3 Å². The zero-order chi connectivity index (χ0) is 12.6. The van der Waals surface area contributed by atoms with E-state index in [1.165, 1.54) is 13.1 Å². The lowest BCUT2D eigenvalue weighted by Crippen LogP contribution is -2.52. The zero-order valence-electron chi connectivity index (χ0n) is 8.69. The average Bonchev–Trinajstić information content (AvgIpc) is 2.67. The van der Waals surface area contributed by atoms with E-state index in [4.69, 9.17) is 4.42 Å². The minimum atomic E-state index is -0.738. The van der Waals surface area contributed by atoms with E-state index in [9.17, 15) is 14.4 Å². The van der Waals surface area contributed by atoms with Crippen molar-refractivity contribution in [1.82, 2.24) is 10.2 Å². The van der Waals surface area contributed by atoms with Gasteiger partial charge in [-0.3, -0.25) is 19.8 Å². The van der Waals surface area contributed by atoms with Crippen LogP contribution < -0.4 is 5.32 Å². The van der Waals surface area contributed by atoms with Crippen LogP contribution >= 0.6 is 15.9 Å². The van der Waals surface area contributed by atoms with Crippen LogP contribution in [0.3, 0.4) is 0 Å². The van der Waals surface area contributed by atoms with Gasteiger partial charge in [-0.1, -0.05) is 0 Å². The molecule has 1 N–H and O–H groups in total. The SMILES string of the molecule is CN1C(=O)NC(=O)/C(=C/c2ccc(Br)o2)C1=O. The van der Waals surface area contributed by atoms with Crippen LogP contribution in [0.15, 0.2) is 26.8 Å². The number of carbonyl (C=O) groups is 3. The predicted octanol–water partition coefficient (Wildman–Crippen LogP) is 1.13. The highest BCUT2D eigenvalue weighted by Crippen LogP contribution is 2.18. The molecule has 88 valence electrons. The Labute approximate surface area is 104 Å². The minimum absolute atomic E-state index is 0.144. The molecule has 1 fully saturated rings. The number of nitrogens with one attached hydrogen (secondary N) is 1. The summed E-state index contributed by atoms with van der Waals surface area (Å²) in [7, 11) is 1.29. The van der Waals surface area contributed by atoms with Crippen molar-refractivity contribution in [3.8, 4) is 0 Å². The van der Waals surface area contributed by atoms with Crippen molar-refractivity contribution in [1.29, 1.82) is 0 Å². The van der Waals surface area contributed by atoms with Gasteiger partial charge in [0.25, 0.3) is 11.8 Å². The van der Waals surface area contributed by atoms with E-state index in [0.29, 0.717) is 10.4 Å². The molecule has 0 atom stereocenters. The molecule has 0 radical (unpaired) electrons. The smallest absolute Gasteiger partial charge is 0.331 e. The van der Waals surface area contributed by atoms with Gasteiger partial charge >= 0.3 is 6.03 Å². The van der Waals surface area contributed by atoms with E-state index in [1.54, 1.807) is 12.1 Å². The number of rotatable bonds is 1. The highest BCUT2D eigenvalue weighted by atomic mass is 79.9. The van der Waals surface area contributed by atoms with E-state index >= 15 is 0 Å². The summed E-state index contributed by atoms with van der Waals surface area (Å²) in [5.41, 5.74) is -0.144. The lowest BCUT2D eigenvalue weighted by molar-refractivity contribution is -0.129. The highest BCUT2D eigenvalue weighted by molar-refractivity contribution is 9.10. The van der Waals surface area contributed by atoms with Gasteiger partial charge in [-0.15, -0.1) is 0 Å². The Bertz CT molecular complexity index is 546. The van der Waals surface area contributed by atoms with E-state index in [2.05, 4.69) is 15.9 Å². The summed E-state index contributed by atoms with van der Waals surface area (Å²) in [4.78, 5) is 35.1. The summed E-state index contributed by atoms with van der Waals surface area (Å²) in [5, 5.41) is 2.04. The number of halogens is 1. The molecule has 1 aliphatic rings. The third-order valence-corrected chi connectivity index (χ3v) is 2.61. The van der Waals surface area contributed by atoms with Gasteiger partial charge in [-0.2, -0.15) is 0 Å². The largest absolute Gasteiger partial charge is 0.450 e. The molecule has 7 heteroatoms. The monoisotopic (exact) mass is 298 g/mol. The summed E-state index contributed by atoms with van der Waals surface area (Å²) in [5.74, 6) is -1.05. The maximum atomic E-state index is 11.7. The van der Waals surface area contributed by atoms with Gasteiger partial charge in [-0.05, 0) is 34.1 Å². The number of furan rings is 1. The van der Waals surface area contributed by atoms with Crippen LogP contribution in [-0.2, 0) is 9.59 Å². The Balaban J connectivity index is 2.37. The summed E-state index contributed by atoms with van der Waals surface area (Å²) >= 11 is 3.10. The molecular formula is C10H7BrN2O4. The van der Waals surface area contributed by atoms with Crippen molar-refractivity contribution in [2.75, 3.05) is 7.05 Å². The van der Waals surface area contributed by atoms with Crippen LogP contribution in [0.25, 0.3) is 6.08 Å². The lowest BCUT2D eigenvalue weighted by atomic mass is 10.1. The first-order valence-electron chi connectivity index (χ1n) is 4.59. The van der Waals surface area contributed by atoms with Gasteiger partial charge in [0, 0.05) is 7.05 Å². The molecule has 4 amide bonds. The minimum Gasteiger partial charge on any atom is -0.450 e. The molecule has 2 heterocycles. The number of barbiturate groups is 1. The highest BCUT2D eigenvalue weighted by Gasteiger charge is 2.33. The molecule has 0 unspecified atom stereocenters.